The average Bonchev–Trinajstić information content (AvgIpc) is 2.56. The van der Waals surface area contributed by atoms with E-state index in [-0.39, 0.29) is 24.2 Å². The molecule has 0 spiro atoms. The Balaban J connectivity index is 1.91. The number of rotatable bonds is 5. The average molecular weight is 401 g/mol. The molecule has 0 aliphatic heterocycles. The third kappa shape index (κ3) is 3.18. The van der Waals surface area contributed by atoms with Gasteiger partial charge in [-0.05, 0) is 50.4 Å². The Morgan fingerprint density at radius 2 is 1.46 bits per heavy atom. The number of halogens is 2. The largest absolute Gasteiger partial charge is 0.544 e. The van der Waals surface area contributed by atoms with E-state index in [0.29, 0.717) is 25.7 Å². The van der Waals surface area contributed by atoms with Gasteiger partial charge in [0.1, 0.15) is 5.97 Å². The summed E-state index contributed by atoms with van der Waals surface area (Å²) in [6, 6.07) is 0. The molecule has 3 unspecified atom stereocenters. The molecule has 8 heteroatoms. The lowest BCUT2D eigenvalue weighted by atomic mass is 9.44. The minimum absolute atomic E-state index is 0.127. The normalized spacial score (nSPS) is 35.4. The molecule has 28 heavy (non-hydrogen) atoms. The van der Waals surface area contributed by atoms with Gasteiger partial charge >= 0.3 is 17.9 Å². The Labute approximate surface area is 162 Å². The molecule has 4 fully saturated rings. The maximum Gasteiger partial charge on any atom is 0.323 e. The highest BCUT2D eigenvalue weighted by molar-refractivity contribution is 5.83. The molecule has 4 saturated carbocycles. The van der Waals surface area contributed by atoms with Gasteiger partial charge in [0.25, 0.3) is 0 Å². The van der Waals surface area contributed by atoms with E-state index in [1.165, 1.54) is 27.9 Å². The third-order valence-electron chi connectivity index (χ3n) is 6.73. The van der Waals surface area contributed by atoms with Crippen LogP contribution in [0.1, 0.15) is 59.3 Å². The number of esters is 2. The molecule has 0 amide bonds. The van der Waals surface area contributed by atoms with Crippen LogP contribution in [0.25, 0.3) is 0 Å². The number of alkyl halides is 2. The second kappa shape index (κ2) is 6.39. The maximum atomic E-state index is 14.3. The first kappa shape index (κ1) is 21.0. The van der Waals surface area contributed by atoms with E-state index >= 15 is 0 Å². The Kier molecular flexibility index (Phi) is 4.79. The highest BCUT2D eigenvalue weighted by atomic mass is 19.3. The summed E-state index contributed by atoms with van der Waals surface area (Å²) in [5, 5.41) is 11.0. The summed E-state index contributed by atoms with van der Waals surface area (Å²) in [7, 11) is 1.31. The van der Waals surface area contributed by atoms with Crippen LogP contribution in [0, 0.1) is 28.1 Å². The zero-order valence-electron chi connectivity index (χ0n) is 16.7. The molecule has 4 aliphatic rings. The lowest BCUT2D eigenvalue weighted by molar-refractivity contribution is -0.340. The summed E-state index contributed by atoms with van der Waals surface area (Å²) in [6.45, 7) is 4.16. The van der Waals surface area contributed by atoms with E-state index in [1.807, 2.05) is 0 Å². The Morgan fingerprint density at radius 3 is 1.86 bits per heavy atom. The van der Waals surface area contributed by atoms with E-state index in [4.69, 9.17) is 9.47 Å². The van der Waals surface area contributed by atoms with Gasteiger partial charge < -0.3 is 19.4 Å². The van der Waals surface area contributed by atoms with Crippen LogP contribution in [0.4, 0.5) is 8.78 Å². The second-order valence-electron chi connectivity index (χ2n) is 10.1. The molecule has 0 aromatic carbocycles. The highest BCUT2D eigenvalue weighted by Crippen LogP contribution is 2.66. The fraction of sp³-hybridized carbons (Fsp3) is 0.850. The molecule has 158 valence electrons. The molecule has 4 bridgehead atoms. The van der Waals surface area contributed by atoms with Crippen molar-refractivity contribution in [2.45, 2.75) is 71.3 Å². The zero-order valence-corrected chi connectivity index (χ0v) is 16.7. The lowest BCUT2D eigenvalue weighted by Crippen LogP contribution is -2.61. The number of carboxylic acid groups (broad SMARTS) is 1. The Morgan fingerprint density at radius 1 is 1.00 bits per heavy atom. The van der Waals surface area contributed by atoms with Crippen molar-refractivity contribution in [3.8, 4) is 0 Å². The first-order valence-corrected chi connectivity index (χ1v) is 9.64. The molecule has 0 heterocycles. The predicted octanol–water partition coefficient (Wildman–Crippen LogP) is 2.09. The van der Waals surface area contributed by atoms with Crippen LogP contribution in [0.15, 0.2) is 0 Å². The first-order chi connectivity index (χ1) is 12.8. The van der Waals surface area contributed by atoms with Gasteiger partial charge in [-0.1, -0.05) is 20.8 Å². The smallest absolute Gasteiger partial charge is 0.323 e. The molecular formula is C20H27F2O6-. The Bertz CT molecular complexity index is 681. The number of carbonyl (C=O) groups is 3. The van der Waals surface area contributed by atoms with Crippen molar-refractivity contribution in [2.75, 3.05) is 7.11 Å². The van der Waals surface area contributed by atoms with E-state index in [9.17, 15) is 28.3 Å². The fourth-order valence-electron chi connectivity index (χ4n) is 6.09. The van der Waals surface area contributed by atoms with Crippen molar-refractivity contribution in [3.05, 3.63) is 0 Å². The van der Waals surface area contributed by atoms with Gasteiger partial charge in [-0.2, -0.15) is 8.78 Å². The van der Waals surface area contributed by atoms with E-state index in [1.54, 1.807) is 0 Å². The second-order valence-corrected chi connectivity index (χ2v) is 10.1. The monoisotopic (exact) mass is 401 g/mol. The van der Waals surface area contributed by atoms with Crippen LogP contribution in [0.5, 0.6) is 0 Å². The van der Waals surface area contributed by atoms with Crippen LogP contribution in [0.3, 0.4) is 0 Å². The van der Waals surface area contributed by atoms with E-state index in [2.05, 4.69) is 0 Å². The summed E-state index contributed by atoms with van der Waals surface area (Å²) >= 11 is 0. The van der Waals surface area contributed by atoms with Gasteiger partial charge in [0.05, 0.1) is 17.9 Å². The number of carbonyl (C=O) groups excluding carboxylic acids is 3. The van der Waals surface area contributed by atoms with Crippen molar-refractivity contribution in [1.82, 2.24) is 0 Å². The third-order valence-corrected chi connectivity index (χ3v) is 6.73. The molecular weight excluding hydrogens is 374 g/mol. The van der Waals surface area contributed by atoms with Gasteiger partial charge in [0.2, 0.25) is 0 Å². The quantitative estimate of drug-likeness (QED) is 0.655. The SMILES string of the molecule is COC(=O)C12CC3CC(C1)CC(C(=O)OC(C(C)(C)C)C(F)(F)C(=O)[O-])(C3)C2. The molecule has 0 aromatic rings. The molecule has 3 atom stereocenters. The molecule has 0 radical (unpaired) electrons. The predicted molar refractivity (Wildman–Crippen MR) is 90.9 cm³/mol. The van der Waals surface area contributed by atoms with Crippen LogP contribution in [-0.2, 0) is 23.9 Å². The standard InChI is InChI=1S/C20H28F2O6/c1-17(2,3)13(20(21,22)14(23)24)28-16(26)19-8-11-5-12(9-19)7-18(6-11,10-19)15(25)27-4/h11-13H,5-10H2,1-4H3,(H,23,24)/p-1. The van der Waals surface area contributed by atoms with Crippen LogP contribution < -0.4 is 5.11 Å². The van der Waals surface area contributed by atoms with Gasteiger partial charge in [-0.15, -0.1) is 0 Å². The molecule has 4 aliphatic carbocycles. The first-order valence-electron chi connectivity index (χ1n) is 9.64. The minimum Gasteiger partial charge on any atom is -0.544 e. The van der Waals surface area contributed by atoms with E-state index < -0.39 is 40.2 Å². The molecule has 0 saturated heterocycles. The van der Waals surface area contributed by atoms with Gasteiger partial charge in [0, 0.05) is 5.41 Å². The van der Waals surface area contributed by atoms with E-state index in [0.717, 1.165) is 6.42 Å². The Hall–Kier alpha value is -1.73. The summed E-state index contributed by atoms with van der Waals surface area (Å²) in [5.74, 6) is -7.85. The van der Waals surface area contributed by atoms with Crippen molar-refractivity contribution < 1.29 is 37.7 Å². The van der Waals surface area contributed by atoms with Crippen LogP contribution >= 0.6 is 0 Å². The van der Waals surface area contributed by atoms with Crippen LogP contribution in [0.2, 0.25) is 0 Å². The number of aliphatic carboxylic acids is 1. The molecule has 6 nitrogen and oxygen atoms in total. The minimum atomic E-state index is -4.32. The summed E-state index contributed by atoms with van der Waals surface area (Å²) in [6.07, 6.45) is 1.12. The van der Waals surface area contributed by atoms with Crippen molar-refractivity contribution >= 4 is 17.9 Å². The topological polar surface area (TPSA) is 92.7 Å². The molecule has 0 N–H and O–H groups in total. The summed E-state index contributed by atoms with van der Waals surface area (Å²) < 4.78 is 38.8. The van der Waals surface area contributed by atoms with Crippen molar-refractivity contribution in [1.29, 1.82) is 0 Å². The molecule has 4 rings (SSSR count). The van der Waals surface area contributed by atoms with Crippen molar-refractivity contribution in [3.63, 3.8) is 0 Å². The number of hydrogen-bond donors (Lipinski definition) is 0. The van der Waals surface area contributed by atoms with Gasteiger partial charge in [0.15, 0.2) is 6.10 Å². The lowest BCUT2D eigenvalue weighted by Gasteiger charge is -2.59. The number of methoxy groups -OCH3 is 1. The summed E-state index contributed by atoms with van der Waals surface area (Å²) in [4.78, 5) is 36.6. The number of ether oxygens (including phenoxy) is 2. The van der Waals surface area contributed by atoms with Crippen LogP contribution in [-0.4, -0.2) is 37.0 Å². The van der Waals surface area contributed by atoms with Gasteiger partial charge in [-0.3, -0.25) is 9.59 Å². The number of hydrogen-bond acceptors (Lipinski definition) is 6. The zero-order chi connectivity index (χ0) is 21.1. The number of carboxylic acids is 1. The molecule has 0 aromatic heterocycles. The van der Waals surface area contributed by atoms with Crippen molar-refractivity contribution in [2.24, 2.45) is 28.1 Å². The summed E-state index contributed by atoms with van der Waals surface area (Å²) in [5.41, 5.74) is -3.16. The highest BCUT2D eigenvalue weighted by Gasteiger charge is 2.65. The van der Waals surface area contributed by atoms with Gasteiger partial charge in [-0.25, -0.2) is 0 Å². The maximum absolute atomic E-state index is 14.3. The fourth-order valence-corrected chi connectivity index (χ4v) is 6.09.